The van der Waals surface area contributed by atoms with Gasteiger partial charge < -0.3 is 15.7 Å². The third kappa shape index (κ3) is 4.91. The van der Waals surface area contributed by atoms with E-state index >= 15 is 0 Å². The Hall–Kier alpha value is -0.160. The van der Waals surface area contributed by atoms with E-state index in [1.807, 2.05) is 0 Å². The first-order chi connectivity index (χ1) is 6.67. The minimum absolute atomic E-state index is 0.212. The van der Waals surface area contributed by atoms with Gasteiger partial charge >= 0.3 is 0 Å². The Morgan fingerprint density at radius 1 is 1.36 bits per heavy atom. The number of nitrogens with two attached hydrogens (primary N) is 2. The van der Waals surface area contributed by atoms with E-state index in [1.54, 1.807) is 0 Å². The number of aliphatic hydroxyl groups is 1. The molecule has 0 amide bonds. The smallest absolute Gasteiger partial charge is 0.0855 e. The van der Waals surface area contributed by atoms with E-state index < -0.39 is 6.10 Å². The van der Waals surface area contributed by atoms with Crippen molar-refractivity contribution in [2.24, 2.45) is 17.5 Å². The van der Waals surface area contributed by atoms with Crippen molar-refractivity contribution in [1.29, 1.82) is 0 Å². The predicted molar refractivity (Wildman–Crippen MR) is 57.4 cm³/mol. The number of hydrogen-bond acceptors (Lipinski definition) is 4. The number of rotatable bonds is 8. The van der Waals surface area contributed by atoms with Gasteiger partial charge in [0.25, 0.3) is 0 Å². The third-order valence-electron chi connectivity index (χ3n) is 2.66. The van der Waals surface area contributed by atoms with Crippen LogP contribution in [0.15, 0.2) is 0 Å². The molecule has 5 N–H and O–H groups in total. The van der Waals surface area contributed by atoms with Crippen LogP contribution in [0.2, 0.25) is 0 Å². The lowest BCUT2D eigenvalue weighted by Gasteiger charge is -2.26. The van der Waals surface area contributed by atoms with Crippen molar-refractivity contribution >= 4 is 0 Å². The van der Waals surface area contributed by atoms with Crippen LogP contribution in [0, 0.1) is 5.92 Å². The average Bonchev–Trinajstić information content (AvgIpc) is 2.19. The molecule has 0 aromatic carbocycles. The van der Waals surface area contributed by atoms with Crippen molar-refractivity contribution in [3.63, 3.8) is 0 Å². The summed E-state index contributed by atoms with van der Waals surface area (Å²) in [4.78, 5) is 4.44. The van der Waals surface area contributed by atoms with Crippen molar-refractivity contribution in [2.45, 2.75) is 51.7 Å². The van der Waals surface area contributed by atoms with Gasteiger partial charge in [0.05, 0.1) is 18.8 Å². The molecule has 4 nitrogen and oxygen atoms in total. The molecule has 0 radical (unpaired) electrons. The van der Waals surface area contributed by atoms with E-state index in [0.29, 0.717) is 0 Å². The Kier molecular flexibility index (Phi) is 8.08. The summed E-state index contributed by atoms with van der Waals surface area (Å²) in [5.41, 5.74) is 5.72. The molecule has 0 rings (SSSR count). The summed E-state index contributed by atoms with van der Waals surface area (Å²) in [6.45, 7) is 4.42. The zero-order valence-corrected chi connectivity index (χ0v) is 9.28. The second kappa shape index (κ2) is 8.17. The number of aliphatic hydroxyl groups excluding tert-OH is 1. The Bertz CT molecular complexity index is 133. The molecule has 3 atom stereocenters. The molecule has 0 aliphatic carbocycles. The van der Waals surface area contributed by atoms with Gasteiger partial charge in [-0.2, -0.15) is 0 Å². The van der Waals surface area contributed by atoms with Crippen molar-refractivity contribution < 1.29 is 9.94 Å². The van der Waals surface area contributed by atoms with Crippen LogP contribution in [-0.2, 0) is 4.84 Å². The lowest BCUT2D eigenvalue weighted by molar-refractivity contribution is 0.0272. The maximum absolute atomic E-state index is 9.87. The molecule has 0 aromatic rings. The monoisotopic (exact) mass is 204 g/mol. The van der Waals surface area contributed by atoms with E-state index in [2.05, 4.69) is 18.7 Å². The first-order valence-corrected chi connectivity index (χ1v) is 5.42. The molecule has 0 aromatic heterocycles. The maximum atomic E-state index is 9.87. The molecule has 0 saturated carbocycles. The van der Waals surface area contributed by atoms with Crippen LogP contribution in [0.4, 0.5) is 0 Å². The average molecular weight is 204 g/mol. The van der Waals surface area contributed by atoms with Crippen LogP contribution in [0.3, 0.4) is 0 Å². The molecule has 0 heterocycles. The topological polar surface area (TPSA) is 81.5 Å². The fourth-order valence-corrected chi connectivity index (χ4v) is 1.64. The molecule has 86 valence electrons. The molecular formula is C10H24N2O2. The number of hydrogen-bond donors (Lipinski definition) is 3. The van der Waals surface area contributed by atoms with Gasteiger partial charge in [-0.1, -0.05) is 33.1 Å². The van der Waals surface area contributed by atoms with Crippen LogP contribution < -0.4 is 11.6 Å². The fourth-order valence-electron chi connectivity index (χ4n) is 1.64. The van der Waals surface area contributed by atoms with Gasteiger partial charge in [0.1, 0.15) is 0 Å². The first kappa shape index (κ1) is 13.8. The van der Waals surface area contributed by atoms with E-state index in [4.69, 9.17) is 11.6 Å². The Balaban J connectivity index is 3.94. The van der Waals surface area contributed by atoms with Crippen LogP contribution in [-0.4, -0.2) is 23.9 Å². The van der Waals surface area contributed by atoms with Crippen molar-refractivity contribution in [1.82, 2.24) is 0 Å². The van der Waals surface area contributed by atoms with E-state index in [1.165, 1.54) is 0 Å². The quantitative estimate of drug-likeness (QED) is 0.510. The summed E-state index contributed by atoms with van der Waals surface area (Å²) >= 11 is 0. The summed E-state index contributed by atoms with van der Waals surface area (Å²) in [6.07, 6.45) is 3.74. The standard InChI is InChI=1S/C10H24N2O2/c1-3-5-6-8(4-2)10(13)9(11)7-14-12/h8-10,13H,3-7,11-12H2,1-2H3. The largest absolute Gasteiger partial charge is 0.391 e. The molecule has 4 heteroatoms. The van der Waals surface area contributed by atoms with Gasteiger partial charge in [-0.25, -0.2) is 5.90 Å². The summed E-state index contributed by atoms with van der Waals surface area (Å²) in [5.74, 6) is 5.18. The molecular weight excluding hydrogens is 180 g/mol. The van der Waals surface area contributed by atoms with Gasteiger partial charge in [0, 0.05) is 0 Å². The maximum Gasteiger partial charge on any atom is 0.0855 e. The highest BCUT2D eigenvalue weighted by molar-refractivity contribution is 4.78. The number of unbranched alkanes of at least 4 members (excludes halogenated alkanes) is 1. The molecule has 0 saturated heterocycles. The zero-order chi connectivity index (χ0) is 11.0. The molecule has 0 aliphatic heterocycles. The van der Waals surface area contributed by atoms with Gasteiger partial charge in [-0.3, -0.25) is 0 Å². The molecule has 0 bridgehead atoms. The third-order valence-corrected chi connectivity index (χ3v) is 2.66. The van der Waals surface area contributed by atoms with Crippen molar-refractivity contribution in [3.8, 4) is 0 Å². The summed E-state index contributed by atoms with van der Waals surface area (Å²) < 4.78 is 0. The van der Waals surface area contributed by atoms with Gasteiger partial charge in [-0.05, 0) is 12.3 Å². The van der Waals surface area contributed by atoms with E-state index in [-0.39, 0.29) is 18.6 Å². The molecule has 3 unspecified atom stereocenters. The van der Waals surface area contributed by atoms with Crippen molar-refractivity contribution in [2.75, 3.05) is 6.61 Å². The molecule has 0 fully saturated rings. The minimum Gasteiger partial charge on any atom is -0.391 e. The minimum atomic E-state index is -0.505. The SMILES string of the molecule is CCCCC(CC)C(O)C(N)CON. The fraction of sp³-hybridized carbons (Fsp3) is 1.00. The Morgan fingerprint density at radius 3 is 2.43 bits per heavy atom. The second-order valence-electron chi connectivity index (χ2n) is 3.80. The van der Waals surface area contributed by atoms with Crippen LogP contribution in [0.5, 0.6) is 0 Å². The Labute approximate surface area is 86.6 Å². The molecule has 0 spiro atoms. The highest BCUT2D eigenvalue weighted by Crippen LogP contribution is 2.18. The lowest BCUT2D eigenvalue weighted by atomic mass is 9.90. The second-order valence-corrected chi connectivity index (χ2v) is 3.80. The van der Waals surface area contributed by atoms with Gasteiger partial charge in [0.2, 0.25) is 0 Å². The Morgan fingerprint density at radius 2 is 2.00 bits per heavy atom. The predicted octanol–water partition coefficient (Wildman–Crippen LogP) is 0.781. The van der Waals surface area contributed by atoms with E-state index in [0.717, 1.165) is 25.7 Å². The van der Waals surface area contributed by atoms with Gasteiger partial charge in [-0.15, -0.1) is 0 Å². The lowest BCUT2D eigenvalue weighted by Crippen LogP contribution is -2.43. The van der Waals surface area contributed by atoms with Crippen LogP contribution in [0.25, 0.3) is 0 Å². The normalized spacial score (nSPS) is 17.8. The van der Waals surface area contributed by atoms with E-state index in [9.17, 15) is 5.11 Å². The summed E-state index contributed by atoms with van der Waals surface area (Å²) in [6, 6.07) is -0.373. The summed E-state index contributed by atoms with van der Waals surface area (Å²) in [5, 5.41) is 9.87. The molecule has 14 heavy (non-hydrogen) atoms. The highest BCUT2D eigenvalue weighted by Gasteiger charge is 2.23. The van der Waals surface area contributed by atoms with Gasteiger partial charge in [0.15, 0.2) is 0 Å². The van der Waals surface area contributed by atoms with Crippen molar-refractivity contribution in [3.05, 3.63) is 0 Å². The van der Waals surface area contributed by atoms with Crippen LogP contribution >= 0.6 is 0 Å². The van der Waals surface area contributed by atoms with Crippen LogP contribution in [0.1, 0.15) is 39.5 Å². The summed E-state index contributed by atoms with van der Waals surface area (Å²) in [7, 11) is 0. The highest BCUT2D eigenvalue weighted by atomic mass is 16.6. The first-order valence-electron chi connectivity index (χ1n) is 5.42. The molecule has 0 aliphatic rings. The zero-order valence-electron chi connectivity index (χ0n) is 9.28.